The van der Waals surface area contributed by atoms with Crippen molar-refractivity contribution >= 4 is 28.4 Å². The highest BCUT2D eigenvalue weighted by atomic mass is 127. The number of Topliss-reactive ketones (excluding diaryl/α,β-unsaturated/α-hetero) is 1. The Morgan fingerprint density at radius 1 is 1.75 bits per heavy atom. The van der Waals surface area contributed by atoms with E-state index in [-0.39, 0.29) is 5.78 Å². The van der Waals surface area contributed by atoms with Gasteiger partial charge in [-0.2, -0.15) is 0 Å². The van der Waals surface area contributed by atoms with E-state index >= 15 is 0 Å². The van der Waals surface area contributed by atoms with Gasteiger partial charge in [-0.25, -0.2) is 0 Å². The normalized spacial score (nSPS) is 8.62. The largest absolute Gasteiger partial charge is 0.299 e. The second-order valence-electron chi connectivity index (χ2n) is 1.47. The minimum absolute atomic E-state index is 0.286. The molecule has 1 nitrogen and oxygen atoms in total. The van der Waals surface area contributed by atoms with Crippen LogP contribution < -0.4 is 0 Å². The Hall–Kier alpha value is 0.140. The maximum Gasteiger partial charge on any atom is 0.137 e. The second kappa shape index (κ2) is 5.28. The lowest BCUT2D eigenvalue weighted by molar-refractivity contribution is -0.117. The molecule has 46 valence electrons. The molecule has 0 saturated heterocycles. The van der Waals surface area contributed by atoms with Gasteiger partial charge >= 0.3 is 0 Å². The van der Waals surface area contributed by atoms with Gasteiger partial charge in [-0.05, 0) is 0 Å². The smallest absolute Gasteiger partial charge is 0.137 e. The molecule has 0 rings (SSSR count). The van der Waals surface area contributed by atoms with E-state index in [1.807, 2.05) is 0 Å². The molecule has 2 heteroatoms. The highest BCUT2D eigenvalue weighted by molar-refractivity contribution is 14.1. The summed E-state index contributed by atoms with van der Waals surface area (Å²) in [6.45, 7) is 3.46. The van der Waals surface area contributed by atoms with Crippen LogP contribution in [0.5, 0.6) is 0 Å². The van der Waals surface area contributed by atoms with E-state index in [1.165, 1.54) is 0 Å². The number of ketones is 1. The van der Waals surface area contributed by atoms with Crippen molar-refractivity contribution < 1.29 is 4.79 Å². The van der Waals surface area contributed by atoms with Gasteiger partial charge in [0.1, 0.15) is 5.78 Å². The summed E-state index contributed by atoms with van der Waals surface area (Å²) in [5, 5.41) is 0. The fourth-order valence-electron chi connectivity index (χ4n) is 0.368. The fourth-order valence-corrected chi connectivity index (χ4v) is 0.970. The molecule has 0 aromatic rings. The molecule has 0 radical (unpaired) electrons. The van der Waals surface area contributed by atoms with E-state index in [9.17, 15) is 4.79 Å². The Bertz CT molecular complexity index is 88.5. The Morgan fingerprint density at radius 2 is 2.38 bits per heavy atom. The number of hydrogen-bond acceptors (Lipinski definition) is 1. The Labute approximate surface area is 63.3 Å². The lowest BCUT2D eigenvalue weighted by Gasteiger charge is -1.87. The lowest BCUT2D eigenvalue weighted by atomic mass is 10.2. The predicted molar refractivity (Wildman–Crippen MR) is 43.3 cm³/mol. The van der Waals surface area contributed by atoms with Crippen LogP contribution in [0.1, 0.15) is 12.8 Å². The summed E-state index contributed by atoms with van der Waals surface area (Å²) in [5.74, 6) is 0.286. The first-order valence-electron chi connectivity index (χ1n) is 2.49. The molecule has 8 heavy (non-hydrogen) atoms. The van der Waals surface area contributed by atoms with Gasteiger partial charge in [0.15, 0.2) is 0 Å². The van der Waals surface area contributed by atoms with Crippen molar-refractivity contribution in [2.45, 2.75) is 12.8 Å². The van der Waals surface area contributed by atoms with Gasteiger partial charge in [0.05, 0.1) is 0 Å². The van der Waals surface area contributed by atoms with E-state index < -0.39 is 0 Å². The number of allylic oxidation sites excluding steroid dienone is 1. The van der Waals surface area contributed by atoms with Crippen LogP contribution in [0.4, 0.5) is 0 Å². The van der Waals surface area contributed by atoms with Crippen LogP contribution in [0.25, 0.3) is 0 Å². The molecule has 0 fully saturated rings. The number of carbonyl (C=O) groups is 1. The molecule has 0 unspecified atom stereocenters. The van der Waals surface area contributed by atoms with Crippen LogP contribution in [0.15, 0.2) is 12.7 Å². The van der Waals surface area contributed by atoms with E-state index in [1.54, 1.807) is 6.08 Å². The molecule has 0 saturated carbocycles. The average Bonchev–Trinajstić information content (AvgIpc) is 1.68. The van der Waals surface area contributed by atoms with Crippen molar-refractivity contribution in [1.29, 1.82) is 0 Å². The van der Waals surface area contributed by atoms with Crippen LogP contribution in [0.3, 0.4) is 0 Å². The number of halogens is 1. The van der Waals surface area contributed by atoms with E-state index in [4.69, 9.17) is 0 Å². The summed E-state index contributed by atoms with van der Waals surface area (Å²) in [6, 6.07) is 0. The zero-order valence-electron chi connectivity index (χ0n) is 4.69. The minimum Gasteiger partial charge on any atom is -0.299 e. The van der Waals surface area contributed by atoms with E-state index in [0.717, 1.165) is 4.43 Å². The predicted octanol–water partition coefficient (Wildman–Crippen LogP) is 1.96. The third-order valence-electron chi connectivity index (χ3n) is 0.745. The molecule has 0 amide bonds. The summed E-state index contributed by atoms with van der Waals surface area (Å²) in [6.07, 6.45) is 2.87. The van der Waals surface area contributed by atoms with Crippen molar-refractivity contribution in [1.82, 2.24) is 0 Å². The van der Waals surface area contributed by atoms with Crippen LogP contribution >= 0.6 is 22.6 Å². The Morgan fingerprint density at radius 3 is 2.75 bits per heavy atom. The molecule has 0 heterocycles. The van der Waals surface area contributed by atoms with Crippen LogP contribution in [0.2, 0.25) is 0 Å². The van der Waals surface area contributed by atoms with Crippen LogP contribution in [0, 0.1) is 0 Å². The number of alkyl halides is 1. The molecular formula is C6H9IO. The Kier molecular flexibility index (Phi) is 5.37. The summed E-state index contributed by atoms with van der Waals surface area (Å²) in [4.78, 5) is 10.6. The number of hydrogen-bond donors (Lipinski definition) is 0. The van der Waals surface area contributed by atoms with Crippen molar-refractivity contribution in [3.8, 4) is 0 Å². The standard InChI is InChI=1S/C6H9IO/c1-2-3-6(8)4-5-7/h2H,1,3-5H2. The second-order valence-corrected chi connectivity index (χ2v) is 2.55. The van der Waals surface area contributed by atoms with Gasteiger partial charge in [-0.15, -0.1) is 6.58 Å². The molecule has 0 atom stereocenters. The summed E-state index contributed by atoms with van der Waals surface area (Å²) in [5.41, 5.74) is 0. The van der Waals surface area contributed by atoms with E-state index in [0.29, 0.717) is 12.8 Å². The van der Waals surface area contributed by atoms with Gasteiger partial charge < -0.3 is 0 Å². The van der Waals surface area contributed by atoms with Crippen LogP contribution in [-0.4, -0.2) is 10.2 Å². The van der Waals surface area contributed by atoms with Crippen molar-refractivity contribution in [3.05, 3.63) is 12.7 Å². The van der Waals surface area contributed by atoms with Gasteiger partial charge in [0.25, 0.3) is 0 Å². The van der Waals surface area contributed by atoms with Crippen molar-refractivity contribution in [2.24, 2.45) is 0 Å². The van der Waals surface area contributed by atoms with Crippen molar-refractivity contribution in [2.75, 3.05) is 4.43 Å². The molecule has 0 N–H and O–H groups in total. The number of carbonyl (C=O) groups excluding carboxylic acids is 1. The maximum atomic E-state index is 10.6. The third-order valence-corrected chi connectivity index (χ3v) is 1.28. The molecule has 0 aliphatic heterocycles. The summed E-state index contributed by atoms with van der Waals surface area (Å²) < 4.78 is 0.921. The topological polar surface area (TPSA) is 17.1 Å². The quantitative estimate of drug-likeness (QED) is 0.405. The van der Waals surface area contributed by atoms with Crippen molar-refractivity contribution in [3.63, 3.8) is 0 Å². The monoisotopic (exact) mass is 224 g/mol. The van der Waals surface area contributed by atoms with Gasteiger partial charge in [0.2, 0.25) is 0 Å². The first-order chi connectivity index (χ1) is 3.81. The number of rotatable bonds is 4. The van der Waals surface area contributed by atoms with Gasteiger partial charge in [-0.3, -0.25) is 4.79 Å². The first-order valence-corrected chi connectivity index (χ1v) is 4.02. The van der Waals surface area contributed by atoms with Crippen LogP contribution in [-0.2, 0) is 4.79 Å². The molecule has 0 spiro atoms. The molecule has 0 aliphatic rings. The molecular weight excluding hydrogens is 215 g/mol. The summed E-state index contributed by atoms with van der Waals surface area (Å²) >= 11 is 2.19. The summed E-state index contributed by atoms with van der Waals surface area (Å²) in [7, 11) is 0. The third kappa shape index (κ3) is 4.30. The SMILES string of the molecule is C=CCC(=O)CCI. The highest BCUT2D eigenvalue weighted by Gasteiger charge is 1.93. The lowest BCUT2D eigenvalue weighted by Crippen LogP contribution is -1.94. The molecule has 0 aromatic carbocycles. The fraction of sp³-hybridized carbons (Fsp3) is 0.500. The zero-order chi connectivity index (χ0) is 6.41. The zero-order valence-corrected chi connectivity index (χ0v) is 6.85. The van der Waals surface area contributed by atoms with Gasteiger partial charge in [0, 0.05) is 17.3 Å². The Balaban J connectivity index is 3.18. The van der Waals surface area contributed by atoms with E-state index in [2.05, 4.69) is 29.2 Å². The van der Waals surface area contributed by atoms with Gasteiger partial charge in [-0.1, -0.05) is 28.7 Å². The molecule has 0 bridgehead atoms. The maximum absolute atomic E-state index is 10.6. The first kappa shape index (κ1) is 8.14. The molecule has 0 aliphatic carbocycles. The molecule has 0 aromatic heterocycles. The highest BCUT2D eigenvalue weighted by Crippen LogP contribution is 1.93. The minimum atomic E-state index is 0.286. The average molecular weight is 224 g/mol.